The fourth-order valence-corrected chi connectivity index (χ4v) is 29.2. The molecule has 4 unspecified atom stereocenters. The van der Waals surface area contributed by atoms with Gasteiger partial charge in [0, 0.05) is 0 Å². The van der Waals surface area contributed by atoms with Crippen LogP contribution < -0.4 is 24.8 Å². The maximum atomic E-state index is 2.76. The molecule has 0 nitrogen and oxygen atoms in total. The second kappa shape index (κ2) is 15.3. The third kappa shape index (κ3) is 6.73. The minimum Gasteiger partial charge on any atom is -1.00 e. The molecule has 45 heavy (non-hydrogen) atoms. The van der Waals surface area contributed by atoms with Gasteiger partial charge in [0.2, 0.25) is 0 Å². The molecule has 2 aromatic carbocycles. The zero-order chi connectivity index (χ0) is 29.3. The molecule has 230 valence electrons. The van der Waals surface area contributed by atoms with Gasteiger partial charge >= 0.3 is 269 Å². The quantitative estimate of drug-likeness (QED) is 0.366. The van der Waals surface area contributed by atoms with Gasteiger partial charge in [-0.15, -0.1) is 0 Å². The molecule has 1 fully saturated rings. The third-order valence-corrected chi connectivity index (χ3v) is 30.0. The Morgan fingerprint density at radius 2 is 1.11 bits per heavy atom. The molecule has 5 aliphatic carbocycles. The monoisotopic (exact) mass is 724 g/mol. The Hall–Kier alpha value is -1.96. The summed E-state index contributed by atoms with van der Waals surface area (Å²) in [7, 11) is 0. The van der Waals surface area contributed by atoms with E-state index in [1.54, 1.807) is 27.9 Å². The normalized spacial score (nSPS) is 25.2. The van der Waals surface area contributed by atoms with Crippen molar-refractivity contribution in [1.29, 1.82) is 0 Å². The second-order valence-electron chi connectivity index (χ2n) is 13.3. The van der Waals surface area contributed by atoms with Crippen LogP contribution in [0.4, 0.5) is 0 Å². The number of halogens is 2. The first-order chi connectivity index (χ1) is 21.1. The third-order valence-electron chi connectivity index (χ3n) is 10.4. The minimum absolute atomic E-state index is 0. The van der Waals surface area contributed by atoms with Gasteiger partial charge in [-0.25, -0.2) is 0 Å². The van der Waals surface area contributed by atoms with E-state index in [-0.39, 0.29) is 24.8 Å². The molecule has 0 bridgehead atoms. The van der Waals surface area contributed by atoms with Gasteiger partial charge in [-0.2, -0.15) is 0 Å². The number of benzene rings is 2. The minimum atomic E-state index is -2.20. The van der Waals surface area contributed by atoms with Crippen molar-refractivity contribution < 1.29 is 45.2 Å². The van der Waals surface area contributed by atoms with Crippen molar-refractivity contribution >= 4 is 5.43 Å². The van der Waals surface area contributed by atoms with E-state index in [1.807, 2.05) is 5.57 Å². The molecule has 0 aromatic heterocycles. The van der Waals surface area contributed by atoms with E-state index in [0.717, 1.165) is 5.92 Å². The molecule has 5 aliphatic rings. The van der Waals surface area contributed by atoms with Crippen LogP contribution in [0.5, 0.6) is 0 Å². The van der Waals surface area contributed by atoms with Crippen LogP contribution in [0.15, 0.2) is 155 Å². The Morgan fingerprint density at radius 1 is 0.600 bits per heavy atom. The summed E-state index contributed by atoms with van der Waals surface area (Å²) in [5.74, 6) is 1.46. The van der Waals surface area contributed by atoms with Gasteiger partial charge in [-0.05, 0) is 0 Å². The van der Waals surface area contributed by atoms with E-state index in [2.05, 4.69) is 141 Å². The summed E-state index contributed by atoms with van der Waals surface area (Å²) in [4.78, 5) is 0. The fraction of sp³-hybridized carbons (Fsp3) is 0.317. The summed E-state index contributed by atoms with van der Waals surface area (Å²) < 4.78 is 1.35. The maximum absolute atomic E-state index is 2.76. The molecule has 0 spiro atoms. The predicted octanol–water partition coefficient (Wildman–Crippen LogP) is 5.33. The number of allylic oxidation sites excluding steroid dienone is 16. The molecule has 1 saturated carbocycles. The van der Waals surface area contributed by atoms with Crippen LogP contribution in [0.25, 0.3) is 0 Å². The molecule has 7 rings (SSSR count). The van der Waals surface area contributed by atoms with E-state index in [0.29, 0.717) is 19.1 Å². The van der Waals surface area contributed by atoms with Gasteiger partial charge in [0.15, 0.2) is 0 Å². The van der Waals surface area contributed by atoms with Crippen molar-refractivity contribution in [2.75, 3.05) is 0 Å². The zero-order valence-corrected chi connectivity index (χ0v) is 31.7. The van der Waals surface area contributed by atoms with Gasteiger partial charge in [-0.3, -0.25) is 0 Å². The molecule has 0 N–H and O–H groups in total. The summed E-state index contributed by atoms with van der Waals surface area (Å²) in [5.41, 5.74) is 12.4. The molecule has 0 amide bonds. The molecule has 4 atom stereocenters. The topological polar surface area (TPSA) is 0 Å². The average Bonchev–Trinajstić information content (AvgIpc) is 3.36. The average molecular weight is 727 g/mol. The summed E-state index contributed by atoms with van der Waals surface area (Å²) in [6.45, 7) is 7.85. The summed E-state index contributed by atoms with van der Waals surface area (Å²) in [6, 6.07) is 22.5. The summed E-state index contributed by atoms with van der Waals surface area (Å²) in [6.07, 6.45) is 31.7. The Balaban J connectivity index is 0.00000200. The van der Waals surface area contributed by atoms with Crippen LogP contribution in [0.3, 0.4) is 0 Å². The smallest absolute Gasteiger partial charge is 1.00 e. The Labute approximate surface area is 291 Å². The Morgan fingerprint density at radius 3 is 1.64 bits per heavy atom. The number of hydrogen-bond acceptors (Lipinski definition) is 0. The SMILES string of the molecule is CC1=CC2=C(C=CC=CC2c2ccccc2)[CH]1[Zr+2]([CH]1C(C2CCCCC2)=CC2=C1C=CC=CC2c1ccccc1)=[Si](C)C.[Cl-].[Cl-]. The Kier molecular flexibility index (Phi) is 11.7. The largest absolute Gasteiger partial charge is 1.00 e. The van der Waals surface area contributed by atoms with E-state index in [4.69, 9.17) is 0 Å². The van der Waals surface area contributed by atoms with Crippen LogP contribution >= 0.6 is 0 Å². The molecular formula is C41H44Cl2SiZr. The first-order valence-corrected chi connectivity index (χ1v) is 25.5. The Bertz CT molecular complexity index is 1670. The standard InChI is InChI=1S/C22H23.C17H15.C2H6Si.2ClH.Zr/c1-3-9-17(10-4-1)20-15-19-13-7-8-14-21(22(19)16-20)18-11-5-2-6-12-18;1-13-11-15-9-5-6-10-16(17(15)12-13)14-7-3-2-4-8-14;1-3-2;;;/h2,5-8,11-17,21H,1,3-4,9-10H2;2-12,16H,1H3;1-2H3;2*1H;/q;;;;;+2/p-2. The van der Waals surface area contributed by atoms with Crippen molar-refractivity contribution in [3.8, 4) is 0 Å². The number of hydrogen-bond donors (Lipinski definition) is 0. The fourth-order valence-electron chi connectivity index (χ4n) is 8.51. The first kappa shape index (κ1) is 34.4. The van der Waals surface area contributed by atoms with Crippen molar-refractivity contribution in [2.45, 2.75) is 71.2 Å². The van der Waals surface area contributed by atoms with Crippen molar-refractivity contribution in [3.63, 3.8) is 0 Å². The summed E-state index contributed by atoms with van der Waals surface area (Å²) in [5, 5.41) is 0. The van der Waals surface area contributed by atoms with Crippen molar-refractivity contribution in [3.05, 3.63) is 166 Å². The van der Waals surface area contributed by atoms with Crippen LogP contribution in [0.2, 0.25) is 20.3 Å². The predicted molar refractivity (Wildman–Crippen MR) is 182 cm³/mol. The molecule has 2 aromatic rings. The van der Waals surface area contributed by atoms with Crippen molar-refractivity contribution in [1.82, 2.24) is 0 Å². The molecule has 0 heterocycles. The van der Waals surface area contributed by atoms with E-state index in [9.17, 15) is 0 Å². The second-order valence-corrected chi connectivity index (χ2v) is 31.1. The number of rotatable bonds is 5. The van der Waals surface area contributed by atoms with Crippen LogP contribution in [0, 0.1) is 5.92 Å². The van der Waals surface area contributed by atoms with Gasteiger partial charge in [0.1, 0.15) is 0 Å². The van der Waals surface area contributed by atoms with Gasteiger partial charge in [0.25, 0.3) is 0 Å². The molecule has 0 aliphatic heterocycles. The first-order valence-electron chi connectivity index (χ1n) is 16.5. The van der Waals surface area contributed by atoms with Gasteiger partial charge < -0.3 is 24.8 Å². The van der Waals surface area contributed by atoms with Gasteiger partial charge in [0.05, 0.1) is 0 Å². The van der Waals surface area contributed by atoms with E-state index < -0.39 is 25.8 Å². The summed E-state index contributed by atoms with van der Waals surface area (Å²) >= 11 is -2.20. The van der Waals surface area contributed by atoms with Crippen LogP contribution in [0.1, 0.15) is 62.0 Å². The maximum Gasteiger partial charge on any atom is -1.00 e. The molecule has 0 radical (unpaired) electrons. The van der Waals surface area contributed by atoms with Crippen molar-refractivity contribution in [2.24, 2.45) is 5.92 Å². The van der Waals surface area contributed by atoms with Crippen LogP contribution in [-0.4, -0.2) is 5.43 Å². The zero-order valence-electron chi connectivity index (χ0n) is 26.7. The van der Waals surface area contributed by atoms with Gasteiger partial charge in [-0.1, -0.05) is 0 Å². The molecule has 0 saturated heterocycles. The van der Waals surface area contributed by atoms with Crippen LogP contribution in [-0.2, 0) is 20.4 Å². The van der Waals surface area contributed by atoms with E-state index in [1.165, 1.54) is 43.2 Å². The molecular weight excluding hydrogens is 683 g/mol. The molecule has 4 heteroatoms. The van der Waals surface area contributed by atoms with E-state index >= 15 is 0 Å².